The van der Waals surface area contributed by atoms with Gasteiger partial charge in [0.1, 0.15) is 5.82 Å². The Morgan fingerprint density at radius 2 is 1.64 bits per heavy atom. The van der Waals surface area contributed by atoms with Crippen molar-refractivity contribution in [2.45, 2.75) is 58.3 Å². The van der Waals surface area contributed by atoms with Crippen LogP contribution in [-0.4, -0.2) is 55.1 Å². The van der Waals surface area contributed by atoms with Crippen LogP contribution in [0.15, 0.2) is 42.6 Å². The molecular formula is C28H40N4O. The van der Waals surface area contributed by atoms with E-state index in [1.807, 2.05) is 17.0 Å². The van der Waals surface area contributed by atoms with Crippen LogP contribution < -0.4 is 10.2 Å². The number of hydrogen-bond donors (Lipinski definition) is 1. The molecule has 5 nitrogen and oxygen atoms in total. The molecule has 2 aliphatic heterocycles. The topological polar surface area (TPSA) is 48.5 Å². The summed E-state index contributed by atoms with van der Waals surface area (Å²) in [6.07, 6.45) is 4.20. The highest BCUT2D eigenvalue weighted by atomic mass is 16.2. The third-order valence-corrected chi connectivity index (χ3v) is 7.34. The fourth-order valence-corrected chi connectivity index (χ4v) is 5.19. The number of anilines is 1. The number of hydrogen-bond acceptors (Lipinski definition) is 4. The van der Waals surface area contributed by atoms with Crippen molar-refractivity contribution in [3.63, 3.8) is 0 Å². The van der Waals surface area contributed by atoms with Crippen LogP contribution in [0, 0.1) is 5.92 Å². The van der Waals surface area contributed by atoms with E-state index in [-0.39, 0.29) is 16.7 Å². The van der Waals surface area contributed by atoms with Crippen molar-refractivity contribution in [3.8, 4) is 0 Å². The molecule has 1 unspecified atom stereocenters. The third kappa shape index (κ3) is 5.57. The molecule has 0 radical (unpaired) electrons. The standard InChI is InChI=1S/C28H40N4O/c1-27(2,3)23-8-6-22(7-9-23)26(33)32-15-12-21(20-32)18-28(4,5)24-10-11-25(30-19-24)31-16-13-29-14-17-31/h6-11,19,21,29H,12-18,20H2,1-5H3. The lowest BCUT2D eigenvalue weighted by Gasteiger charge is -2.31. The molecule has 1 atom stereocenters. The first-order valence-corrected chi connectivity index (χ1v) is 12.5. The van der Waals surface area contributed by atoms with Crippen LogP contribution in [0.3, 0.4) is 0 Å². The second-order valence-corrected chi connectivity index (χ2v) is 11.5. The predicted molar refractivity (Wildman–Crippen MR) is 136 cm³/mol. The van der Waals surface area contributed by atoms with Gasteiger partial charge in [-0.1, -0.05) is 52.8 Å². The molecule has 1 N–H and O–H groups in total. The molecule has 1 aromatic heterocycles. The van der Waals surface area contributed by atoms with Gasteiger partial charge in [0.05, 0.1) is 0 Å². The molecule has 0 aliphatic carbocycles. The zero-order valence-electron chi connectivity index (χ0n) is 21.0. The summed E-state index contributed by atoms with van der Waals surface area (Å²) in [6.45, 7) is 17.0. The molecule has 1 aromatic carbocycles. The number of piperazine rings is 1. The van der Waals surface area contributed by atoms with Gasteiger partial charge in [0.2, 0.25) is 0 Å². The van der Waals surface area contributed by atoms with Gasteiger partial charge in [-0.3, -0.25) is 4.79 Å². The van der Waals surface area contributed by atoms with Crippen LogP contribution in [0.2, 0.25) is 0 Å². The van der Waals surface area contributed by atoms with Gasteiger partial charge in [-0.2, -0.15) is 0 Å². The van der Waals surface area contributed by atoms with E-state index in [0.717, 1.165) is 63.5 Å². The number of carbonyl (C=O) groups is 1. The van der Waals surface area contributed by atoms with E-state index >= 15 is 0 Å². The van der Waals surface area contributed by atoms with Crippen molar-refractivity contribution in [1.82, 2.24) is 15.2 Å². The maximum absolute atomic E-state index is 13.1. The van der Waals surface area contributed by atoms with Gasteiger partial charge in [-0.05, 0) is 58.9 Å². The van der Waals surface area contributed by atoms with Gasteiger partial charge < -0.3 is 15.1 Å². The monoisotopic (exact) mass is 448 g/mol. The summed E-state index contributed by atoms with van der Waals surface area (Å²) in [5.74, 6) is 1.76. The van der Waals surface area contributed by atoms with Gasteiger partial charge in [-0.25, -0.2) is 4.98 Å². The second kappa shape index (κ2) is 9.46. The van der Waals surface area contributed by atoms with Crippen LogP contribution in [0.25, 0.3) is 0 Å². The van der Waals surface area contributed by atoms with E-state index in [1.54, 1.807) is 0 Å². The molecular weight excluding hydrogens is 408 g/mol. The van der Waals surface area contributed by atoms with Crippen LogP contribution in [0.5, 0.6) is 0 Å². The molecule has 1 amide bonds. The molecule has 0 spiro atoms. The lowest BCUT2D eigenvalue weighted by molar-refractivity contribution is 0.0785. The van der Waals surface area contributed by atoms with Crippen LogP contribution in [0.1, 0.15) is 68.9 Å². The summed E-state index contributed by atoms with van der Waals surface area (Å²) in [7, 11) is 0. The molecule has 178 valence electrons. The number of nitrogens with one attached hydrogen (secondary N) is 1. The summed E-state index contributed by atoms with van der Waals surface area (Å²) in [5, 5.41) is 3.39. The molecule has 3 heterocycles. The van der Waals surface area contributed by atoms with Gasteiger partial charge >= 0.3 is 0 Å². The molecule has 0 bridgehead atoms. The van der Waals surface area contributed by atoms with Gasteiger partial charge in [0.25, 0.3) is 5.91 Å². The number of nitrogens with zero attached hydrogens (tertiary/aromatic N) is 3. The second-order valence-electron chi connectivity index (χ2n) is 11.5. The minimum absolute atomic E-state index is 0.0348. The van der Waals surface area contributed by atoms with E-state index in [0.29, 0.717) is 5.92 Å². The quantitative estimate of drug-likeness (QED) is 0.725. The summed E-state index contributed by atoms with van der Waals surface area (Å²) < 4.78 is 0. The number of likely N-dealkylation sites (tertiary alicyclic amines) is 1. The molecule has 33 heavy (non-hydrogen) atoms. The smallest absolute Gasteiger partial charge is 0.253 e. The van der Waals surface area contributed by atoms with E-state index in [4.69, 9.17) is 4.98 Å². The largest absolute Gasteiger partial charge is 0.354 e. The molecule has 0 saturated carbocycles. The molecule has 2 fully saturated rings. The lowest BCUT2D eigenvalue weighted by atomic mass is 9.77. The van der Waals surface area contributed by atoms with Crippen molar-refractivity contribution in [2.24, 2.45) is 5.92 Å². The SMILES string of the molecule is CC(C)(C)c1ccc(C(=O)N2CCC(CC(C)(C)c3ccc(N4CCNCC4)nc3)C2)cc1. The Hall–Kier alpha value is -2.40. The Morgan fingerprint density at radius 1 is 0.970 bits per heavy atom. The Labute approximate surface area is 199 Å². The highest BCUT2D eigenvalue weighted by Crippen LogP contribution is 2.35. The minimum atomic E-state index is 0.0348. The Morgan fingerprint density at radius 3 is 2.24 bits per heavy atom. The maximum atomic E-state index is 13.1. The van der Waals surface area contributed by atoms with E-state index < -0.39 is 0 Å². The van der Waals surface area contributed by atoms with Crippen LogP contribution in [0.4, 0.5) is 5.82 Å². The Balaban J connectivity index is 1.35. The number of aromatic nitrogens is 1. The first-order chi connectivity index (χ1) is 15.6. The molecule has 2 saturated heterocycles. The zero-order valence-corrected chi connectivity index (χ0v) is 21.0. The number of carbonyl (C=O) groups excluding carboxylic acids is 1. The first-order valence-electron chi connectivity index (χ1n) is 12.5. The average Bonchev–Trinajstić information content (AvgIpc) is 3.26. The van der Waals surface area contributed by atoms with Crippen molar-refractivity contribution < 1.29 is 4.79 Å². The molecule has 2 aliphatic rings. The van der Waals surface area contributed by atoms with Gasteiger partial charge in [0.15, 0.2) is 0 Å². The minimum Gasteiger partial charge on any atom is -0.354 e. The number of amides is 1. The normalized spacial score (nSPS) is 19.7. The van der Waals surface area contributed by atoms with Gasteiger partial charge in [-0.15, -0.1) is 0 Å². The van der Waals surface area contributed by atoms with Crippen molar-refractivity contribution in [3.05, 3.63) is 59.3 Å². The number of rotatable bonds is 5. The van der Waals surface area contributed by atoms with Crippen LogP contribution in [-0.2, 0) is 10.8 Å². The fraction of sp³-hybridized carbons (Fsp3) is 0.571. The van der Waals surface area contributed by atoms with Gasteiger partial charge in [0, 0.05) is 51.0 Å². The average molecular weight is 449 g/mol. The maximum Gasteiger partial charge on any atom is 0.253 e. The van der Waals surface area contributed by atoms with E-state index in [9.17, 15) is 4.79 Å². The van der Waals surface area contributed by atoms with Crippen molar-refractivity contribution >= 4 is 11.7 Å². The Kier molecular flexibility index (Phi) is 6.81. The highest BCUT2D eigenvalue weighted by molar-refractivity contribution is 5.94. The van der Waals surface area contributed by atoms with Crippen molar-refractivity contribution in [1.29, 1.82) is 0 Å². The summed E-state index contributed by atoms with van der Waals surface area (Å²) in [5.41, 5.74) is 3.48. The Bertz CT molecular complexity index is 937. The molecule has 2 aromatic rings. The van der Waals surface area contributed by atoms with E-state index in [1.165, 1.54) is 11.1 Å². The molecule has 5 heteroatoms. The van der Waals surface area contributed by atoms with E-state index in [2.05, 4.69) is 75.3 Å². The number of benzene rings is 1. The number of pyridine rings is 1. The summed E-state index contributed by atoms with van der Waals surface area (Å²) in [4.78, 5) is 22.3. The predicted octanol–water partition coefficient (Wildman–Crippen LogP) is 4.62. The first kappa shape index (κ1) is 23.7. The third-order valence-electron chi connectivity index (χ3n) is 7.34. The summed E-state index contributed by atoms with van der Waals surface area (Å²) in [6, 6.07) is 12.6. The van der Waals surface area contributed by atoms with Crippen molar-refractivity contribution in [2.75, 3.05) is 44.2 Å². The summed E-state index contributed by atoms with van der Waals surface area (Å²) >= 11 is 0. The lowest BCUT2D eigenvalue weighted by Crippen LogP contribution is -2.43. The molecule has 4 rings (SSSR count). The fourth-order valence-electron chi connectivity index (χ4n) is 5.19. The zero-order chi connectivity index (χ0) is 23.6. The highest BCUT2D eigenvalue weighted by Gasteiger charge is 2.32. The van der Waals surface area contributed by atoms with Crippen LogP contribution >= 0.6 is 0 Å².